The Balaban J connectivity index is 2.06. The first-order valence-electron chi connectivity index (χ1n) is 6.14. The Kier molecular flexibility index (Phi) is 3.16. The van der Waals surface area contributed by atoms with Crippen molar-refractivity contribution >= 4 is 28.5 Å². The molecule has 0 atom stereocenters. The van der Waals surface area contributed by atoms with Gasteiger partial charge in [-0.3, -0.25) is 4.79 Å². The number of hydrogen-bond acceptors (Lipinski definition) is 2. The van der Waals surface area contributed by atoms with E-state index in [1.54, 1.807) is 6.07 Å². The standard InChI is InChI=1S/C15H12ClN3O/c16-12-4-2-1-3-11(12)9-19-8-7-10-5-6-13(14(17)20)18-15(10)19/h1-8H,9H2,(H2,17,20). The fourth-order valence-corrected chi connectivity index (χ4v) is 2.33. The number of nitrogens with zero attached hydrogens (tertiary/aromatic N) is 2. The second-order valence-electron chi connectivity index (χ2n) is 4.51. The molecular formula is C15H12ClN3O. The van der Waals surface area contributed by atoms with Crippen LogP contribution in [-0.4, -0.2) is 15.5 Å². The van der Waals surface area contributed by atoms with Gasteiger partial charge in [0.1, 0.15) is 11.3 Å². The number of hydrogen-bond donors (Lipinski definition) is 1. The maximum atomic E-state index is 11.2. The van der Waals surface area contributed by atoms with Gasteiger partial charge in [0.25, 0.3) is 5.91 Å². The summed E-state index contributed by atoms with van der Waals surface area (Å²) >= 11 is 6.17. The normalized spacial score (nSPS) is 10.8. The summed E-state index contributed by atoms with van der Waals surface area (Å²) in [5, 5.41) is 1.67. The van der Waals surface area contributed by atoms with Crippen LogP contribution in [0.15, 0.2) is 48.7 Å². The van der Waals surface area contributed by atoms with E-state index in [0.29, 0.717) is 11.6 Å². The first kappa shape index (κ1) is 12.7. The Labute approximate surface area is 120 Å². The molecule has 2 heterocycles. The molecule has 0 saturated carbocycles. The first-order chi connectivity index (χ1) is 9.65. The van der Waals surface area contributed by atoms with Gasteiger partial charge in [-0.15, -0.1) is 0 Å². The second kappa shape index (κ2) is 4.98. The monoisotopic (exact) mass is 285 g/mol. The van der Waals surface area contributed by atoms with Crippen LogP contribution < -0.4 is 5.73 Å². The number of halogens is 1. The highest BCUT2D eigenvalue weighted by Gasteiger charge is 2.08. The number of rotatable bonds is 3. The molecule has 5 heteroatoms. The molecule has 0 unspecified atom stereocenters. The van der Waals surface area contributed by atoms with E-state index in [1.165, 1.54) is 0 Å². The third-order valence-corrected chi connectivity index (χ3v) is 3.53. The number of pyridine rings is 1. The summed E-state index contributed by atoms with van der Waals surface area (Å²) in [5.41, 5.74) is 7.25. The number of carbonyl (C=O) groups excluding carboxylic acids is 1. The third kappa shape index (κ3) is 2.26. The zero-order chi connectivity index (χ0) is 14.1. The van der Waals surface area contributed by atoms with Gasteiger partial charge in [0.05, 0.1) is 6.54 Å². The van der Waals surface area contributed by atoms with Crippen LogP contribution in [0.3, 0.4) is 0 Å². The van der Waals surface area contributed by atoms with Gasteiger partial charge in [-0.2, -0.15) is 0 Å². The number of benzene rings is 1. The molecule has 0 aliphatic carbocycles. The largest absolute Gasteiger partial charge is 0.364 e. The van der Waals surface area contributed by atoms with Crippen molar-refractivity contribution in [3.63, 3.8) is 0 Å². The highest BCUT2D eigenvalue weighted by molar-refractivity contribution is 6.31. The first-order valence-corrected chi connectivity index (χ1v) is 6.52. The van der Waals surface area contributed by atoms with E-state index in [1.807, 2.05) is 47.2 Å². The van der Waals surface area contributed by atoms with E-state index in [2.05, 4.69) is 4.98 Å². The van der Waals surface area contributed by atoms with Crippen LogP contribution in [0, 0.1) is 0 Å². The number of amides is 1. The fourth-order valence-electron chi connectivity index (χ4n) is 2.14. The SMILES string of the molecule is NC(=O)c1ccc2ccn(Cc3ccccc3Cl)c2n1. The lowest BCUT2D eigenvalue weighted by Gasteiger charge is -2.07. The summed E-state index contributed by atoms with van der Waals surface area (Å²) < 4.78 is 1.95. The van der Waals surface area contributed by atoms with E-state index in [0.717, 1.165) is 16.6 Å². The van der Waals surface area contributed by atoms with E-state index < -0.39 is 5.91 Å². The van der Waals surface area contributed by atoms with Gasteiger partial charge >= 0.3 is 0 Å². The summed E-state index contributed by atoms with van der Waals surface area (Å²) in [6, 6.07) is 13.1. The Bertz CT molecular complexity index is 795. The van der Waals surface area contributed by atoms with Crippen molar-refractivity contribution in [2.45, 2.75) is 6.54 Å². The fraction of sp³-hybridized carbons (Fsp3) is 0.0667. The smallest absolute Gasteiger partial charge is 0.267 e. The van der Waals surface area contributed by atoms with Crippen molar-refractivity contribution in [2.75, 3.05) is 0 Å². The summed E-state index contributed by atoms with van der Waals surface area (Å²) in [7, 11) is 0. The minimum atomic E-state index is -0.530. The summed E-state index contributed by atoms with van der Waals surface area (Å²) in [6.07, 6.45) is 1.92. The second-order valence-corrected chi connectivity index (χ2v) is 4.92. The molecule has 3 aromatic rings. The van der Waals surface area contributed by atoms with Crippen molar-refractivity contribution in [1.29, 1.82) is 0 Å². The molecule has 4 nitrogen and oxygen atoms in total. The third-order valence-electron chi connectivity index (χ3n) is 3.16. The molecule has 20 heavy (non-hydrogen) atoms. The zero-order valence-electron chi connectivity index (χ0n) is 10.6. The number of carbonyl (C=O) groups is 1. The predicted molar refractivity (Wildman–Crippen MR) is 78.8 cm³/mol. The zero-order valence-corrected chi connectivity index (χ0v) is 11.3. The molecule has 0 fully saturated rings. The Morgan fingerprint density at radius 3 is 2.75 bits per heavy atom. The van der Waals surface area contributed by atoms with Gasteiger partial charge in [0.15, 0.2) is 0 Å². The van der Waals surface area contributed by atoms with Crippen molar-refractivity contribution in [3.05, 3.63) is 64.9 Å². The molecule has 1 aromatic carbocycles. The van der Waals surface area contributed by atoms with Crippen molar-refractivity contribution < 1.29 is 4.79 Å². The van der Waals surface area contributed by atoms with Gasteiger partial charge in [0, 0.05) is 16.6 Å². The molecule has 2 N–H and O–H groups in total. The number of fused-ring (bicyclic) bond motifs is 1. The number of nitrogens with two attached hydrogens (primary N) is 1. The van der Waals surface area contributed by atoms with Gasteiger partial charge in [-0.25, -0.2) is 4.98 Å². The predicted octanol–water partition coefficient (Wildman–Crippen LogP) is 2.84. The molecule has 3 rings (SSSR count). The average molecular weight is 286 g/mol. The topological polar surface area (TPSA) is 60.9 Å². The summed E-state index contributed by atoms with van der Waals surface area (Å²) in [6.45, 7) is 0.596. The lowest BCUT2D eigenvalue weighted by Crippen LogP contribution is -2.13. The minimum Gasteiger partial charge on any atom is -0.364 e. The molecule has 0 bridgehead atoms. The molecule has 0 saturated heterocycles. The molecule has 2 aromatic heterocycles. The van der Waals surface area contributed by atoms with Gasteiger partial charge < -0.3 is 10.3 Å². The molecule has 100 valence electrons. The minimum absolute atomic E-state index is 0.261. The van der Waals surface area contributed by atoms with E-state index >= 15 is 0 Å². The van der Waals surface area contributed by atoms with E-state index in [-0.39, 0.29) is 5.69 Å². The van der Waals surface area contributed by atoms with Gasteiger partial charge in [-0.05, 0) is 29.8 Å². The Hall–Kier alpha value is -2.33. The number of primary amides is 1. The van der Waals surface area contributed by atoms with Crippen LogP contribution in [0.2, 0.25) is 5.02 Å². The molecule has 0 radical (unpaired) electrons. The maximum absolute atomic E-state index is 11.2. The summed E-state index contributed by atoms with van der Waals surface area (Å²) in [5.74, 6) is -0.530. The highest BCUT2D eigenvalue weighted by Crippen LogP contribution is 2.20. The molecule has 0 aliphatic heterocycles. The van der Waals surface area contributed by atoms with Crippen LogP contribution in [-0.2, 0) is 6.54 Å². The lowest BCUT2D eigenvalue weighted by molar-refractivity contribution is 0.0996. The van der Waals surface area contributed by atoms with E-state index in [9.17, 15) is 4.79 Å². The number of aromatic nitrogens is 2. The molecule has 1 amide bonds. The van der Waals surface area contributed by atoms with Crippen LogP contribution in [0.1, 0.15) is 16.1 Å². The van der Waals surface area contributed by atoms with Gasteiger partial charge in [0.2, 0.25) is 0 Å². The maximum Gasteiger partial charge on any atom is 0.267 e. The summed E-state index contributed by atoms with van der Waals surface area (Å²) in [4.78, 5) is 15.5. The molecule has 0 spiro atoms. The molecular weight excluding hydrogens is 274 g/mol. The Morgan fingerprint density at radius 1 is 1.20 bits per heavy atom. The van der Waals surface area contributed by atoms with Crippen molar-refractivity contribution in [1.82, 2.24) is 9.55 Å². The highest BCUT2D eigenvalue weighted by atomic mass is 35.5. The average Bonchev–Trinajstić information content (AvgIpc) is 2.84. The van der Waals surface area contributed by atoms with Gasteiger partial charge in [-0.1, -0.05) is 29.8 Å². The van der Waals surface area contributed by atoms with Crippen molar-refractivity contribution in [3.8, 4) is 0 Å². The van der Waals surface area contributed by atoms with Crippen molar-refractivity contribution in [2.24, 2.45) is 5.73 Å². The van der Waals surface area contributed by atoms with Crippen LogP contribution in [0.25, 0.3) is 11.0 Å². The quantitative estimate of drug-likeness (QED) is 0.804. The van der Waals surface area contributed by atoms with Crippen LogP contribution in [0.4, 0.5) is 0 Å². The van der Waals surface area contributed by atoms with E-state index in [4.69, 9.17) is 17.3 Å². The van der Waals surface area contributed by atoms with Crippen LogP contribution >= 0.6 is 11.6 Å². The van der Waals surface area contributed by atoms with Crippen LogP contribution in [0.5, 0.6) is 0 Å². The molecule has 0 aliphatic rings. The Morgan fingerprint density at radius 2 is 2.00 bits per heavy atom. The lowest BCUT2D eigenvalue weighted by atomic mass is 10.2.